The summed E-state index contributed by atoms with van der Waals surface area (Å²) in [7, 11) is 1.43. The zero-order valence-electron chi connectivity index (χ0n) is 18.3. The van der Waals surface area contributed by atoms with E-state index >= 15 is 0 Å². The Morgan fingerprint density at radius 1 is 1.00 bits per heavy atom. The summed E-state index contributed by atoms with van der Waals surface area (Å²) in [4.78, 5) is 27.8. The minimum absolute atomic E-state index is 0.118. The lowest BCUT2D eigenvalue weighted by Crippen LogP contribution is -2.29. The molecular formula is C26H22ClNO5. The highest BCUT2D eigenvalue weighted by atomic mass is 35.5. The van der Waals surface area contributed by atoms with Crippen molar-refractivity contribution >= 4 is 34.7 Å². The van der Waals surface area contributed by atoms with Gasteiger partial charge >= 0.3 is 0 Å². The Hall–Kier alpha value is -3.77. The van der Waals surface area contributed by atoms with Crippen molar-refractivity contribution in [2.24, 2.45) is 0 Å². The van der Waals surface area contributed by atoms with Crippen LogP contribution >= 0.6 is 11.6 Å². The molecule has 0 bridgehead atoms. The molecule has 1 saturated heterocycles. The molecule has 4 rings (SSSR count). The number of hydrogen-bond donors (Lipinski definition) is 2. The number of rotatable bonds is 4. The first kappa shape index (κ1) is 22.4. The molecule has 0 radical (unpaired) electrons. The number of phenols is 1. The monoisotopic (exact) mass is 463 g/mol. The number of carbonyl (C=O) groups excluding carboxylic acids is 2. The van der Waals surface area contributed by atoms with E-state index in [0.717, 1.165) is 11.1 Å². The predicted molar refractivity (Wildman–Crippen MR) is 127 cm³/mol. The Morgan fingerprint density at radius 3 is 2.42 bits per heavy atom. The summed E-state index contributed by atoms with van der Waals surface area (Å²) in [6, 6.07) is 15.8. The Morgan fingerprint density at radius 2 is 1.73 bits per heavy atom. The van der Waals surface area contributed by atoms with Gasteiger partial charge in [0.25, 0.3) is 11.7 Å². The van der Waals surface area contributed by atoms with Crippen LogP contribution in [0.1, 0.15) is 28.3 Å². The van der Waals surface area contributed by atoms with Crippen LogP contribution in [0.4, 0.5) is 5.69 Å². The Kier molecular flexibility index (Phi) is 5.87. The van der Waals surface area contributed by atoms with Gasteiger partial charge in [-0.05, 0) is 55.3 Å². The van der Waals surface area contributed by atoms with Crippen LogP contribution in [0.3, 0.4) is 0 Å². The van der Waals surface area contributed by atoms with Gasteiger partial charge in [0.15, 0.2) is 0 Å². The number of aromatic hydroxyl groups is 1. The number of nitrogens with zero attached hydrogens (tertiary/aromatic N) is 1. The van der Waals surface area contributed by atoms with Gasteiger partial charge in [-0.2, -0.15) is 0 Å². The predicted octanol–water partition coefficient (Wildman–Crippen LogP) is 5.30. The van der Waals surface area contributed by atoms with Crippen molar-refractivity contribution < 1.29 is 24.5 Å². The number of Topliss-reactive ketones (excluding diaryl/α,β-unsaturated/α-hetero) is 1. The molecule has 3 aromatic carbocycles. The van der Waals surface area contributed by atoms with Gasteiger partial charge in [0, 0.05) is 5.02 Å². The third-order valence-electron chi connectivity index (χ3n) is 5.61. The molecule has 3 aromatic rings. The molecule has 0 saturated carbocycles. The molecule has 6 nitrogen and oxygen atoms in total. The van der Waals surface area contributed by atoms with Gasteiger partial charge in [-0.1, -0.05) is 47.5 Å². The van der Waals surface area contributed by atoms with Crippen molar-refractivity contribution in [2.75, 3.05) is 12.0 Å². The number of hydrogen-bond acceptors (Lipinski definition) is 5. The number of benzene rings is 3. The summed E-state index contributed by atoms with van der Waals surface area (Å²) < 4.78 is 5.35. The number of aryl methyl sites for hydroxylation is 2. The minimum atomic E-state index is -0.971. The first-order chi connectivity index (χ1) is 15.7. The van der Waals surface area contributed by atoms with Crippen LogP contribution in [0.5, 0.6) is 11.5 Å². The van der Waals surface area contributed by atoms with E-state index in [2.05, 4.69) is 0 Å². The summed E-state index contributed by atoms with van der Waals surface area (Å²) in [5.41, 5.74) is 2.57. The molecule has 1 amide bonds. The van der Waals surface area contributed by atoms with E-state index in [1.54, 1.807) is 36.4 Å². The Labute approximate surface area is 196 Å². The van der Waals surface area contributed by atoms with Crippen molar-refractivity contribution in [3.8, 4) is 11.5 Å². The zero-order valence-corrected chi connectivity index (χ0v) is 19.1. The smallest absolute Gasteiger partial charge is 0.300 e. The lowest BCUT2D eigenvalue weighted by atomic mass is 9.94. The maximum absolute atomic E-state index is 13.3. The molecule has 33 heavy (non-hydrogen) atoms. The molecule has 7 heteroatoms. The fraction of sp³-hybridized carbons (Fsp3) is 0.154. The van der Waals surface area contributed by atoms with Crippen molar-refractivity contribution in [3.63, 3.8) is 0 Å². The van der Waals surface area contributed by atoms with E-state index in [4.69, 9.17) is 16.3 Å². The van der Waals surface area contributed by atoms with Crippen LogP contribution in [-0.2, 0) is 9.59 Å². The quantitative estimate of drug-likeness (QED) is 0.311. The van der Waals surface area contributed by atoms with E-state index in [-0.39, 0.29) is 22.6 Å². The minimum Gasteiger partial charge on any atom is -0.507 e. The van der Waals surface area contributed by atoms with Gasteiger partial charge in [0.1, 0.15) is 17.3 Å². The van der Waals surface area contributed by atoms with Crippen LogP contribution in [0.2, 0.25) is 5.02 Å². The molecule has 1 fully saturated rings. The van der Waals surface area contributed by atoms with Crippen LogP contribution in [-0.4, -0.2) is 29.0 Å². The van der Waals surface area contributed by atoms with Gasteiger partial charge in [-0.3, -0.25) is 14.5 Å². The summed E-state index contributed by atoms with van der Waals surface area (Å²) >= 11 is 6.14. The average Bonchev–Trinajstić information content (AvgIpc) is 3.05. The second-order valence-electron chi connectivity index (χ2n) is 7.92. The van der Waals surface area contributed by atoms with Crippen molar-refractivity contribution in [1.82, 2.24) is 0 Å². The fourth-order valence-corrected chi connectivity index (χ4v) is 4.25. The molecule has 0 aromatic heterocycles. The maximum atomic E-state index is 13.3. The number of ketones is 1. The average molecular weight is 464 g/mol. The highest BCUT2D eigenvalue weighted by molar-refractivity contribution is 6.52. The SMILES string of the molecule is COc1ccc(Cl)cc1/C(O)=C1\C(=O)C(=O)N(c2cc(C)ccc2O)C1c1cccc(C)c1. The first-order valence-corrected chi connectivity index (χ1v) is 10.6. The molecule has 2 N–H and O–H groups in total. The number of amides is 1. The summed E-state index contributed by atoms with van der Waals surface area (Å²) in [5.74, 6) is -1.99. The molecule has 1 atom stereocenters. The van der Waals surface area contributed by atoms with Gasteiger partial charge < -0.3 is 14.9 Å². The van der Waals surface area contributed by atoms with Crippen LogP contribution in [0.25, 0.3) is 5.76 Å². The number of carbonyl (C=O) groups is 2. The van der Waals surface area contributed by atoms with Crippen molar-refractivity contribution in [2.45, 2.75) is 19.9 Å². The van der Waals surface area contributed by atoms with E-state index in [0.29, 0.717) is 16.3 Å². The summed E-state index contributed by atoms with van der Waals surface area (Å²) in [6.07, 6.45) is 0. The number of aliphatic hydroxyl groups excluding tert-OH is 1. The van der Waals surface area contributed by atoms with Crippen LogP contribution in [0, 0.1) is 13.8 Å². The second kappa shape index (κ2) is 8.64. The molecule has 1 aliphatic heterocycles. The van der Waals surface area contributed by atoms with Gasteiger partial charge in [0.2, 0.25) is 0 Å². The largest absolute Gasteiger partial charge is 0.507 e. The van der Waals surface area contributed by atoms with Crippen LogP contribution < -0.4 is 9.64 Å². The normalized spacial score (nSPS) is 17.5. The summed E-state index contributed by atoms with van der Waals surface area (Å²) in [6.45, 7) is 3.71. The Bertz CT molecular complexity index is 1310. The molecule has 1 aliphatic rings. The van der Waals surface area contributed by atoms with Crippen LogP contribution in [0.15, 0.2) is 66.2 Å². The first-order valence-electron chi connectivity index (χ1n) is 10.2. The second-order valence-corrected chi connectivity index (χ2v) is 8.36. The maximum Gasteiger partial charge on any atom is 0.300 e. The number of ether oxygens (including phenoxy) is 1. The molecule has 0 aliphatic carbocycles. The van der Waals surface area contributed by atoms with Gasteiger partial charge in [-0.25, -0.2) is 0 Å². The van der Waals surface area contributed by atoms with Gasteiger partial charge in [0.05, 0.1) is 30.0 Å². The third-order valence-corrected chi connectivity index (χ3v) is 5.84. The Balaban J connectivity index is 2.03. The molecule has 168 valence electrons. The topological polar surface area (TPSA) is 87.1 Å². The number of phenolic OH excluding ortho intramolecular Hbond substituents is 1. The standard InChI is InChI=1S/C26H22ClNO5/c1-14-5-4-6-16(11-14)23-22(24(30)18-13-17(27)8-10-21(18)33-3)25(31)26(32)28(23)19-12-15(2)7-9-20(19)29/h4-13,23,29-30H,1-3H3/b24-22+. The van der Waals surface area contributed by atoms with E-state index in [1.807, 2.05) is 26.0 Å². The van der Waals surface area contributed by atoms with E-state index in [9.17, 15) is 19.8 Å². The number of anilines is 1. The number of halogens is 1. The van der Waals surface area contributed by atoms with E-state index < -0.39 is 23.5 Å². The zero-order chi connectivity index (χ0) is 23.9. The number of methoxy groups -OCH3 is 1. The third kappa shape index (κ3) is 3.94. The molecule has 0 spiro atoms. The van der Waals surface area contributed by atoms with Gasteiger partial charge in [-0.15, -0.1) is 0 Å². The highest BCUT2D eigenvalue weighted by Gasteiger charge is 2.48. The highest BCUT2D eigenvalue weighted by Crippen LogP contribution is 2.46. The molecule has 1 unspecified atom stereocenters. The van der Waals surface area contributed by atoms with Crippen molar-refractivity contribution in [3.05, 3.63) is 93.5 Å². The summed E-state index contributed by atoms with van der Waals surface area (Å²) in [5, 5.41) is 22.2. The van der Waals surface area contributed by atoms with E-state index in [1.165, 1.54) is 24.1 Å². The molecule has 1 heterocycles. The number of aliphatic hydroxyl groups is 1. The van der Waals surface area contributed by atoms with Crippen molar-refractivity contribution in [1.29, 1.82) is 0 Å². The lowest BCUT2D eigenvalue weighted by molar-refractivity contribution is -0.132. The lowest BCUT2D eigenvalue weighted by Gasteiger charge is -2.26. The molecular weight excluding hydrogens is 442 g/mol. The fourth-order valence-electron chi connectivity index (χ4n) is 4.07.